The number of hydrogen-bond donors (Lipinski definition) is 2. The van der Waals surface area contributed by atoms with Crippen LogP contribution >= 0.6 is 0 Å². The number of nitrogens with zero attached hydrogens (tertiary/aromatic N) is 1. The molecule has 2 N–H and O–H groups in total. The van der Waals surface area contributed by atoms with Crippen LogP contribution in [-0.4, -0.2) is 46.9 Å². The SMILES string of the molecule is CC(NC(=O)C1CCCC1)C(=O)N1CCC(CC(=O)O)CC1. The zero-order valence-electron chi connectivity index (χ0n) is 13.2. The molecule has 0 aromatic heterocycles. The third-order valence-corrected chi connectivity index (χ3v) is 4.84. The number of aliphatic carboxylic acids is 1. The molecular weight excluding hydrogens is 284 g/mol. The van der Waals surface area contributed by atoms with Gasteiger partial charge in [-0.3, -0.25) is 14.4 Å². The van der Waals surface area contributed by atoms with Crippen molar-refractivity contribution in [1.29, 1.82) is 0 Å². The van der Waals surface area contributed by atoms with Gasteiger partial charge in [0.15, 0.2) is 0 Å². The molecule has 22 heavy (non-hydrogen) atoms. The molecule has 0 radical (unpaired) electrons. The van der Waals surface area contributed by atoms with Gasteiger partial charge in [-0.15, -0.1) is 0 Å². The van der Waals surface area contributed by atoms with E-state index in [1.54, 1.807) is 11.8 Å². The Morgan fingerprint density at radius 1 is 1.14 bits per heavy atom. The minimum Gasteiger partial charge on any atom is -0.481 e. The van der Waals surface area contributed by atoms with Crippen LogP contribution in [0.3, 0.4) is 0 Å². The Morgan fingerprint density at radius 2 is 1.73 bits per heavy atom. The van der Waals surface area contributed by atoms with Gasteiger partial charge in [-0.25, -0.2) is 0 Å². The fourth-order valence-electron chi connectivity index (χ4n) is 3.46. The normalized spacial score (nSPS) is 21.6. The molecule has 6 heteroatoms. The van der Waals surface area contributed by atoms with Gasteiger partial charge in [0.2, 0.25) is 11.8 Å². The van der Waals surface area contributed by atoms with E-state index in [2.05, 4.69) is 5.32 Å². The van der Waals surface area contributed by atoms with Gasteiger partial charge < -0.3 is 15.3 Å². The van der Waals surface area contributed by atoms with Crippen molar-refractivity contribution in [3.63, 3.8) is 0 Å². The molecule has 1 atom stereocenters. The lowest BCUT2D eigenvalue weighted by molar-refractivity contribution is -0.140. The zero-order valence-corrected chi connectivity index (χ0v) is 13.2. The van der Waals surface area contributed by atoms with E-state index in [4.69, 9.17) is 5.11 Å². The maximum absolute atomic E-state index is 12.4. The molecular formula is C16H26N2O4. The Bertz CT molecular complexity index is 424. The second-order valence-corrected chi connectivity index (χ2v) is 6.58. The summed E-state index contributed by atoms with van der Waals surface area (Å²) in [4.78, 5) is 36.9. The van der Waals surface area contributed by atoms with Crippen molar-refractivity contribution >= 4 is 17.8 Å². The third-order valence-electron chi connectivity index (χ3n) is 4.84. The van der Waals surface area contributed by atoms with Gasteiger partial charge >= 0.3 is 5.97 Å². The lowest BCUT2D eigenvalue weighted by Crippen LogP contribution is -2.50. The van der Waals surface area contributed by atoms with Crippen LogP contribution in [0.15, 0.2) is 0 Å². The number of carbonyl (C=O) groups excluding carboxylic acids is 2. The molecule has 2 rings (SSSR count). The first kappa shape index (κ1) is 16.8. The smallest absolute Gasteiger partial charge is 0.303 e. The number of piperidine rings is 1. The summed E-state index contributed by atoms with van der Waals surface area (Å²) in [6.07, 6.45) is 5.66. The number of carboxylic acids is 1. The van der Waals surface area contributed by atoms with E-state index in [0.29, 0.717) is 13.1 Å². The van der Waals surface area contributed by atoms with E-state index in [1.807, 2.05) is 0 Å². The van der Waals surface area contributed by atoms with E-state index >= 15 is 0 Å². The van der Waals surface area contributed by atoms with Crippen molar-refractivity contribution in [1.82, 2.24) is 10.2 Å². The number of amides is 2. The molecule has 0 aromatic carbocycles. The van der Waals surface area contributed by atoms with Gasteiger partial charge in [0.05, 0.1) is 0 Å². The Labute approximate surface area is 131 Å². The second-order valence-electron chi connectivity index (χ2n) is 6.58. The van der Waals surface area contributed by atoms with Crippen molar-refractivity contribution in [2.24, 2.45) is 11.8 Å². The van der Waals surface area contributed by atoms with Gasteiger partial charge in [-0.1, -0.05) is 12.8 Å². The summed E-state index contributed by atoms with van der Waals surface area (Å²) >= 11 is 0. The molecule has 1 aliphatic heterocycles. The van der Waals surface area contributed by atoms with E-state index in [9.17, 15) is 14.4 Å². The molecule has 6 nitrogen and oxygen atoms in total. The average molecular weight is 310 g/mol. The summed E-state index contributed by atoms with van der Waals surface area (Å²) in [6.45, 7) is 2.90. The minimum atomic E-state index is -0.776. The summed E-state index contributed by atoms with van der Waals surface area (Å²) in [5.74, 6) is -0.609. The first-order valence-corrected chi connectivity index (χ1v) is 8.28. The topological polar surface area (TPSA) is 86.7 Å². The summed E-state index contributed by atoms with van der Waals surface area (Å²) in [5, 5.41) is 11.6. The van der Waals surface area contributed by atoms with Crippen molar-refractivity contribution < 1.29 is 19.5 Å². The minimum absolute atomic E-state index is 0.000821. The van der Waals surface area contributed by atoms with E-state index in [-0.39, 0.29) is 30.1 Å². The molecule has 1 saturated carbocycles. The quantitative estimate of drug-likeness (QED) is 0.803. The summed E-state index contributed by atoms with van der Waals surface area (Å²) in [7, 11) is 0. The third kappa shape index (κ3) is 4.45. The van der Waals surface area contributed by atoms with E-state index in [0.717, 1.165) is 38.5 Å². The van der Waals surface area contributed by atoms with Crippen molar-refractivity contribution in [3.05, 3.63) is 0 Å². The number of carbonyl (C=O) groups is 3. The van der Waals surface area contributed by atoms with Crippen molar-refractivity contribution in [2.75, 3.05) is 13.1 Å². The van der Waals surface area contributed by atoms with Crippen LogP contribution in [0.1, 0.15) is 51.9 Å². The fourth-order valence-corrected chi connectivity index (χ4v) is 3.46. The van der Waals surface area contributed by atoms with Crippen LogP contribution in [0.25, 0.3) is 0 Å². The van der Waals surface area contributed by atoms with Crippen LogP contribution < -0.4 is 5.32 Å². The highest BCUT2D eigenvalue weighted by Gasteiger charge is 2.30. The summed E-state index contributed by atoms with van der Waals surface area (Å²) in [6, 6.07) is -0.496. The van der Waals surface area contributed by atoms with Crippen LogP contribution in [0, 0.1) is 11.8 Å². The monoisotopic (exact) mass is 310 g/mol. The Morgan fingerprint density at radius 3 is 2.27 bits per heavy atom. The van der Waals surface area contributed by atoms with E-state index in [1.165, 1.54) is 0 Å². The fraction of sp³-hybridized carbons (Fsp3) is 0.812. The Kier molecular flexibility index (Phi) is 5.80. The standard InChI is InChI=1S/C16H26N2O4/c1-11(17-15(21)13-4-2-3-5-13)16(22)18-8-6-12(7-9-18)10-14(19)20/h11-13H,2-10H2,1H3,(H,17,21)(H,19,20). The Balaban J connectivity index is 1.76. The van der Waals surface area contributed by atoms with Gasteiger partial charge in [0.25, 0.3) is 0 Å². The molecule has 1 aliphatic carbocycles. The van der Waals surface area contributed by atoms with Gasteiger partial charge in [-0.2, -0.15) is 0 Å². The van der Waals surface area contributed by atoms with Gasteiger partial charge in [0, 0.05) is 25.4 Å². The molecule has 2 aliphatic rings. The highest BCUT2D eigenvalue weighted by Crippen LogP contribution is 2.25. The zero-order chi connectivity index (χ0) is 16.1. The predicted octanol–water partition coefficient (Wildman–Crippen LogP) is 1.39. The molecule has 124 valence electrons. The first-order chi connectivity index (χ1) is 10.5. The average Bonchev–Trinajstić information content (AvgIpc) is 3.01. The molecule has 2 fully saturated rings. The lowest BCUT2D eigenvalue weighted by atomic mass is 9.93. The highest BCUT2D eigenvalue weighted by molar-refractivity contribution is 5.88. The Hall–Kier alpha value is -1.59. The molecule has 1 saturated heterocycles. The number of rotatable bonds is 5. The van der Waals surface area contributed by atoms with Gasteiger partial charge in [-0.05, 0) is 38.5 Å². The highest BCUT2D eigenvalue weighted by atomic mass is 16.4. The molecule has 0 bridgehead atoms. The van der Waals surface area contributed by atoms with Crippen LogP contribution in [0.2, 0.25) is 0 Å². The number of carboxylic acid groups (broad SMARTS) is 1. The van der Waals surface area contributed by atoms with Crippen molar-refractivity contribution in [2.45, 2.75) is 57.9 Å². The number of nitrogens with one attached hydrogen (secondary N) is 1. The van der Waals surface area contributed by atoms with Crippen LogP contribution in [-0.2, 0) is 14.4 Å². The number of hydrogen-bond acceptors (Lipinski definition) is 3. The number of likely N-dealkylation sites (tertiary alicyclic amines) is 1. The molecule has 0 spiro atoms. The van der Waals surface area contributed by atoms with Crippen LogP contribution in [0.4, 0.5) is 0 Å². The predicted molar refractivity (Wildman–Crippen MR) is 81.1 cm³/mol. The summed E-state index contributed by atoms with van der Waals surface area (Å²) in [5.41, 5.74) is 0. The maximum Gasteiger partial charge on any atom is 0.303 e. The van der Waals surface area contributed by atoms with Crippen LogP contribution in [0.5, 0.6) is 0 Å². The maximum atomic E-state index is 12.4. The molecule has 1 heterocycles. The van der Waals surface area contributed by atoms with E-state index < -0.39 is 12.0 Å². The largest absolute Gasteiger partial charge is 0.481 e. The summed E-state index contributed by atoms with van der Waals surface area (Å²) < 4.78 is 0. The van der Waals surface area contributed by atoms with Crippen molar-refractivity contribution in [3.8, 4) is 0 Å². The van der Waals surface area contributed by atoms with Gasteiger partial charge in [0.1, 0.15) is 6.04 Å². The lowest BCUT2D eigenvalue weighted by Gasteiger charge is -2.33. The second kappa shape index (κ2) is 7.61. The molecule has 2 amide bonds. The first-order valence-electron chi connectivity index (χ1n) is 8.28. The molecule has 0 aromatic rings. The molecule has 1 unspecified atom stereocenters.